The van der Waals surface area contributed by atoms with Crippen LogP contribution in [0.1, 0.15) is 22.4 Å². The SMILES string of the molecule is Cc1csc(C(O)Cc2ccc(F)c(Br)c2)n1. The van der Waals surface area contributed by atoms with Gasteiger partial charge >= 0.3 is 0 Å². The minimum atomic E-state index is -0.633. The van der Waals surface area contributed by atoms with E-state index in [1.807, 2.05) is 12.3 Å². The highest BCUT2D eigenvalue weighted by Crippen LogP contribution is 2.24. The lowest BCUT2D eigenvalue weighted by molar-refractivity contribution is 0.178. The molecule has 0 radical (unpaired) electrons. The van der Waals surface area contributed by atoms with E-state index in [1.54, 1.807) is 12.1 Å². The van der Waals surface area contributed by atoms with E-state index in [4.69, 9.17) is 0 Å². The summed E-state index contributed by atoms with van der Waals surface area (Å²) in [4.78, 5) is 4.23. The second-order valence-corrected chi connectivity index (χ2v) is 5.54. The lowest BCUT2D eigenvalue weighted by Gasteiger charge is -2.08. The minimum Gasteiger partial charge on any atom is -0.386 e. The van der Waals surface area contributed by atoms with Crippen molar-refractivity contribution in [3.63, 3.8) is 0 Å². The molecule has 0 fully saturated rings. The Hall–Kier alpha value is -0.780. The maximum absolute atomic E-state index is 13.0. The summed E-state index contributed by atoms with van der Waals surface area (Å²) in [5.74, 6) is -0.298. The summed E-state index contributed by atoms with van der Waals surface area (Å²) in [5, 5.41) is 12.6. The van der Waals surface area contributed by atoms with Gasteiger partial charge in [0, 0.05) is 17.5 Å². The molecule has 0 saturated heterocycles. The molecule has 1 heterocycles. The molecule has 0 saturated carbocycles. The molecule has 0 bridgehead atoms. The summed E-state index contributed by atoms with van der Waals surface area (Å²) in [6, 6.07) is 4.74. The molecule has 0 aliphatic carbocycles. The van der Waals surface area contributed by atoms with Crippen molar-refractivity contribution in [3.8, 4) is 0 Å². The van der Waals surface area contributed by atoms with Gasteiger partial charge in [-0.15, -0.1) is 11.3 Å². The zero-order chi connectivity index (χ0) is 12.4. The van der Waals surface area contributed by atoms with E-state index in [0.29, 0.717) is 15.9 Å². The van der Waals surface area contributed by atoms with Crippen molar-refractivity contribution in [1.82, 2.24) is 4.98 Å². The number of halogens is 2. The molecule has 1 aromatic heterocycles. The second kappa shape index (κ2) is 5.25. The van der Waals surface area contributed by atoms with E-state index >= 15 is 0 Å². The molecule has 0 spiro atoms. The number of thiazole rings is 1. The molecule has 17 heavy (non-hydrogen) atoms. The first-order chi connectivity index (χ1) is 8.06. The zero-order valence-corrected chi connectivity index (χ0v) is 11.6. The molecule has 2 nitrogen and oxygen atoms in total. The van der Waals surface area contributed by atoms with Crippen LogP contribution in [0, 0.1) is 12.7 Å². The van der Waals surface area contributed by atoms with Crippen LogP contribution in [-0.4, -0.2) is 10.1 Å². The number of rotatable bonds is 3. The number of benzene rings is 1. The maximum atomic E-state index is 13.0. The lowest BCUT2D eigenvalue weighted by atomic mass is 10.1. The van der Waals surface area contributed by atoms with Gasteiger partial charge in [0.1, 0.15) is 16.9 Å². The number of aryl methyl sites for hydroxylation is 1. The van der Waals surface area contributed by atoms with Gasteiger partial charge in [0.15, 0.2) is 0 Å². The monoisotopic (exact) mass is 315 g/mol. The molecule has 1 aromatic carbocycles. The molecule has 90 valence electrons. The summed E-state index contributed by atoms with van der Waals surface area (Å²) < 4.78 is 13.5. The van der Waals surface area contributed by atoms with Crippen LogP contribution in [0.2, 0.25) is 0 Å². The van der Waals surface area contributed by atoms with E-state index in [9.17, 15) is 9.50 Å². The van der Waals surface area contributed by atoms with Crippen molar-refractivity contribution >= 4 is 27.3 Å². The molecular formula is C12H11BrFNOS. The van der Waals surface area contributed by atoms with Crippen LogP contribution in [0.5, 0.6) is 0 Å². The lowest BCUT2D eigenvalue weighted by Crippen LogP contribution is -2.01. The first-order valence-corrected chi connectivity index (χ1v) is 6.77. The van der Waals surface area contributed by atoms with Gasteiger partial charge in [-0.05, 0) is 40.5 Å². The summed E-state index contributed by atoms with van der Waals surface area (Å²) in [5.41, 5.74) is 1.78. The van der Waals surface area contributed by atoms with Gasteiger partial charge in [-0.1, -0.05) is 6.07 Å². The fourth-order valence-electron chi connectivity index (χ4n) is 1.50. The molecule has 0 aliphatic heterocycles. The van der Waals surface area contributed by atoms with Crippen molar-refractivity contribution in [1.29, 1.82) is 0 Å². The Labute approximate surface area is 111 Å². The number of aromatic nitrogens is 1. The van der Waals surface area contributed by atoms with Gasteiger partial charge in [0.05, 0.1) is 4.47 Å². The van der Waals surface area contributed by atoms with E-state index in [-0.39, 0.29) is 5.82 Å². The first kappa shape index (κ1) is 12.7. The molecule has 0 aliphatic rings. The summed E-state index contributed by atoms with van der Waals surface area (Å²) in [6.45, 7) is 1.89. The summed E-state index contributed by atoms with van der Waals surface area (Å²) in [6.07, 6.45) is -0.197. The highest BCUT2D eigenvalue weighted by atomic mass is 79.9. The number of nitrogens with zero attached hydrogens (tertiary/aromatic N) is 1. The van der Waals surface area contributed by atoms with Gasteiger partial charge in [-0.25, -0.2) is 9.37 Å². The fourth-order valence-corrected chi connectivity index (χ4v) is 2.71. The molecule has 2 rings (SSSR count). The fraction of sp³-hybridized carbons (Fsp3) is 0.250. The normalized spacial score (nSPS) is 12.7. The topological polar surface area (TPSA) is 33.1 Å². The molecule has 5 heteroatoms. The third-order valence-electron chi connectivity index (χ3n) is 2.33. The molecule has 1 atom stereocenters. The van der Waals surface area contributed by atoms with Gasteiger partial charge in [0.2, 0.25) is 0 Å². The van der Waals surface area contributed by atoms with Crippen molar-refractivity contribution in [2.75, 3.05) is 0 Å². The van der Waals surface area contributed by atoms with Gasteiger partial charge in [0.25, 0.3) is 0 Å². The summed E-state index contributed by atoms with van der Waals surface area (Å²) in [7, 11) is 0. The third kappa shape index (κ3) is 3.12. The maximum Gasteiger partial charge on any atom is 0.137 e. The third-order valence-corrected chi connectivity index (χ3v) is 4.01. The highest BCUT2D eigenvalue weighted by molar-refractivity contribution is 9.10. The van der Waals surface area contributed by atoms with Crippen molar-refractivity contribution in [2.24, 2.45) is 0 Å². The average Bonchev–Trinajstić information content (AvgIpc) is 2.70. The van der Waals surface area contributed by atoms with Crippen LogP contribution < -0.4 is 0 Å². The van der Waals surface area contributed by atoms with Gasteiger partial charge < -0.3 is 5.11 Å². The molecule has 1 N–H and O–H groups in total. The predicted octanol–water partition coefficient (Wildman–Crippen LogP) is 3.63. The smallest absolute Gasteiger partial charge is 0.137 e. The Morgan fingerprint density at radius 1 is 1.53 bits per heavy atom. The minimum absolute atomic E-state index is 0.298. The number of aliphatic hydroxyl groups is 1. The zero-order valence-electron chi connectivity index (χ0n) is 9.15. The Balaban J connectivity index is 2.12. The van der Waals surface area contributed by atoms with Gasteiger partial charge in [-0.3, -0.25) is 0 Å². The summed E-state index contributed by atoms with van der Waals surface area (Å²) >= 11 is 4.56. The van der Waals surface area contributed by atoms with Crippen LogP contribution in [-0.2, 0) is 6.42 Å². The Bertz CT molecular complexity index is 529. The second-order valence-electron chi connectivity index (χ2n) is 3.80. The average molecular weight is 316 g/mol. The van der Waals surface area contributed by atoms with Crippen LogP contribution in [0.25, 0.3) is 0 Å². The van der Waals surface area contributed by atoms with E-state index in [2.05, 4.69) is 20.9 Å². The van der Waals surface area contributed by atoms with Crippen molar-refractivity contribution in [2.45, 2.75) is 19.4 Å². The Kier molecular flexibility index (Phi) is 3.91. The predicted molar refractivity (Wildman–Crippen MR) is 69.6 cm³/mol. The van der Waals surface area contributed by atoms with E-state index in [0.717, 1.165) is 11.3 Å². The number of hydrogen-bond acceptors (Lipinski definition) is 3. The molecule has 2 aromatic rings. The van der Waals surface area contributed by atoms with Gasteiger partial charge in [-0.2, -0.15) is 0 Å². The molecule has 0 amide bonds. The largest absolute Gasteiger partial charge is 0.386 e. The van der Waals surface area contributed by atoms with Crippen LogP contribution in [0.3, 0.4) is 0 Å². The number of aliphatic hydroxyl groups excluding tert-OH is 1. The number of hydrogen-bond donors (Lipinski definition) is 1. The standard InChI is InChI=1S/C12H11BrFNOS/c1-7-6-17-12(15-7)11(16)5-8-2-3-10(14)9(13)4-8/h2-4,6,11,16H,5H2,1H3. The van der Waals surface area contributed by atoms with E-state index < -0.39 is 6.10 Å². The first-order valence-electron chi connectivity index (χ1n) is 5.10. The Morgan fingerprint density at radius 2 is 2.29 bits per heavy atom. The highest BCUT2D eigenvalue weighted by Gasteiger charge is 2.13. The van der Waals surface area contributed by atoms with Crippen molar-refractivity contribution in [3.05, 3.63) is 50.1 Å². The Morgan fingerprint density at radius 3 is 2.88 bits per heavy atom. The van der Waals surface area contributed by atoms with E-state index in [1.165, 1.54) is 17.4 Å². The van der Waals surface area contributed by atoms with Crippen LogP contribution in [0.4, 0.5) is 4.39 Å². The molecular weight excluding hydrogens is 305 g/mol. The van der Waals surface area contributed by atoms with Crippen LogP contribution >= 0.6 is 27.3 Å². The van der Waals surface area contributed by atoms with Crippen molar-refractivity contribution < 1.29 is 9.50 Å². The quantitative estimate of drug-likeness (QED) is 0.938. The van der Waals surface area contributed by atoms with Crippen LogP contribution in [0.15, 0.2) is 28.1 Å². The molecule has 1 unspecified atom stereocenters.